The summed E-state index contributed by atoms with van der Waals surface area (Å²) in [6.45, 7) is 5.43. The smallest absolute Gasteiger partial charge is 0.228 e. The largest absolute Gasteiger partial charge is 0.352 e. The molecule has 2 aliphatic rings. The number of rotatable bonds is 7. The van der Waals surface area contributed by atoms with Crippen LogP contribution in [0.15, 0.2) is 67.3 Å². The summed E-state index contributed by atoms with van der Waals surface area (Å²) in [6, 6.07) is 18.6. The monoisotopic (exact) mass is 402 g/mol. The predicted octanol–water partition coefficient (Wildman–Crippen LogP) is 4.22. The zero-order valence-corrected chi connectivity index (χ0v) is 17.5. The van der Waals surface area contributed by atoms with E-state index in [9.17, 15) is 9.59 Å². The van der Waals surface area contributed by atoms with Crippen molar-refractivity contribution in [2.75, 3.05) is 19.6 Å². The first-order chi connectivity index (χ1) is 14.6. The van der Waals surface area contributed by atoms with E-state index in [1.807, 2.05) is 35.2 Å². The van der Waals surface area contributed by atoms with Crippen LogP contribution in [0.1, 0.15) is 31.2 Å². The molecule has 30 heavy (non-hydrogen) atoms. The van der Waals surface area contributed by atoms with E-state index in [1.54, 1.807) is 6.08 Å². The van der Waals surface area contributed by atoms with Gasteiger partial charge >= 0.3 is 0 Å². The lowest BCUT2D eigenvalue weighted by atomic mass is 9.73. The van der Waals surface area contributed by atoms with Gasteiger partial charge in [-0.1, -0.05) is 60.7 Å². The maximum atomic E-state index is 13.4. The van der Waals surface area contributed by atoms with E-state index < -0.39 is 5.41 Å². The number of carbonyl (C=O) groups is 2. The minimum Gasteiger partial charge on any atom is -0.352 e. The Bertz CT molecular complexity index is 920. The highest BCUT2D eigenvalue weighted by Crippen LogP contribution is 2.39. The highest BCUT2D eigenvalue weighted by atomic mass is 16.2. The standard InChI is InChI=1S/C26H30N2O2/c1-2-16-27-25(30)26(15-8-17-28(19-26)24(29)21-13-14-21)18-22-11-6-7-12-23(22)20-9-4-3-5-10-20/h2-7,9-12,21H,1,8,13-19H2,(H,27,30)/t26-/m0/s1. The summed E-state index contributed by atoms with van der Waals surface area (Å²) in [5, 5.41) is 3.03. The summed E-state index contributed by atoms with van der Waals surface area (Å²) in [4.78, 5) is 28.1. The molecule has 4 nitrogen and oxygen atoms in total. The fourth-order valence-electron chi connectivity index (χ4n) is 4.61. The Morgan fingerprint density at radius 1 is 1.10 bits per heavy atom. The third kappa shape index (κ3) is 4.33. The fourth-order valence-corrected chi connectivity index (χ4v) is 4.61. The molecule has 0 unspecified atom stereocenters. The zero-order valence-electron chi connectivity index (χ0n) is 17.5. The molecule has 4 heteroatoms. The van der Waals surface area contributed by atoms with E-state index in [1.165, 1.54) is 0 Å². The van der Waals surface area contributed by atoms with Gasteiger partial charge in [0.1, 0.15) is 0 Å². The van der Waals surface area contributed by atoms with Crippen molar-refractivity contribution in [2.24, 2.45) is 11.3 Å². The first-order valence-electron chi connectivity index (χ1n) is 10.9. The van der Waals surface area contributed by atoms with Gasteiger partial charge in [0.2, 0.25) is 11.8 Å². The Labute approximate surface area is 179 Å². The van der Waals surface area contributed by atoms with Crippen LogP contribution in [0.4, 0.5) is 0 Å². The molecule has 0 bridgehead atoms. The van der Waals surface area contributed by atoms with Gasteiger partial charge in [-0.3, -0.25) is 9.59 Å². The Morgan fingerprint density at radius 3 is 2.57 bits per heavy atom. The molecule has 0 aromatic heterocycles. The molecular formula is C26H30N2O2. The van der Waals surface area contributed by atoms with Gasteiger partial charge in [-0.2, -0.15) is 0 Å². The normalized spacial score (nSPS) is 21.1. The summed E-state index contributed by atoms with van der Waals surface area (Å²) in [5.74, 6) is 0.430. The molecule has 1 aliphatic carbocycles. The van der Waals surface area contributed by atoms with Crippen LogP contribution in [0.2, 0.25) is 0 Å². The number of piperidine rings is 1. The van der Waals surface area contributed by atoms with Crippen molar-refractivity contribution in [3.05, 3.63) is 72.8 Å². The Kier molecular flexibility index (Phi) is 6.03. The third-order valence-corrected chi connectivity index (χ3v) is 6.33. The summed E-state index contributed by atoms with van der Waals surface area (Å²) < 4.78 is 0. The van der Waals surface area contributed by atoms with Crippen LogP contribution in [-0.4, -0.2) is 36.3 Å². The van der Waals surface area contributed by atoms with Crippen LogP contribution in [0, 0.1) is 11.3 Å². The fraction of sp³-hybridized carbons (Fsp3) is 0.385. The number of amides is 2. The van der Waals surface area contributed by atoms with Gasteiger partial charge in [0.05, 0.1) is 5.41 Å². The minimum absolute atomic E-state index is 0.0264. The van der Waals surface area contributed by atoms with Crippen molar-refractivity contribution in [1.29, 1.82) is 0 Å². The van der Waals surface area contributed by atoms with Gasteiger partial charge in [-0.15, -0.1) is 6.58 Å². The highest BCUT2D eigenvalue weighted by molar-refractivity contribution is 5.86. The number of hydrogen-bond acceptors (Lipinski definition) is 2. The predicted molar refractivity (Wildman–Crippen MR) is 120 cm³/mol. The van der Waals surface area contributed by atoms with E-state index in [0.29, 0.717) is 19.5 Å². The van der Waals surface area contributed by atoms with E-state index >= 15 is 0 Å². The lowest BCUT2D eigenvalue weighted by Crippen LogP contribution is -2.54. The van der Waals surface area contributed by atoms with Crippen LogP contribution in [0.5, 0.6) is 0 Å². The number of benzene rings is 2. The molecule has 0 spiro atoms. The molecule has 1 N–H and O–H groups in total. The van der Waals surface area contributed by atoms with Crippen LogP contribution in [0.3, 0.4) is 0 Å². The molecule has 1 saturated carbocycles. The van der Waals surface area contributed by atoms with Crippen molar-refractivity contribution in [3.8, 4) is 11.1 Å². The molecule has 156 valence electrons. The number of carbonyl (C=O) groups excluding carboxylic acids is 2. The molecule has 2 aromatic rings. The van der Waals surface area contributed by atoms with Crippen LogP contribution < -0.4 is 5.32 Å². The first-order valence-corrected chi connectivity index (χ1v) is 10.9. The SMILES string of the molecule is C=CCNC(=O)[C@]1(Cc2ccccc2-c2ccccc2)CCCN(C(=O)C2CC2)C1. The third-order valence-electron chi connectivity index (χ3n) is 6.33. The second-order valence-corrected chi connectivity index (χ2v) is 8.62. The Balaban J connectivity index is 1.66. The maximum Gasteiger partial charge on any atom is 0.228 e. The zero-order chi connectivity index (χ0) is 21.0. The number of nitrogens with one attached hydrogen (secondary N) is 1. The number of hydrogen-bond donors (Lipinski definition) is 1. The van der Waals surface area contributed by atoms with Crippen LogP contribution in [-0.2, 0) is 16.0 Å². The molecule has 1 aliphatic heterocycles. The minimum atomic E-state index is -0.614. The molecule has 1 saturated heterocycles. The molecule has 2 fully saturated rings. The van der Waals surface area contributed by atoms with E-state index in [0.717, 1.165) is 48.9 Å². The Hall–Kier alpha value is -2.88. The van der Waals surface area contributed by atoms with Gasteiger partial charge < -0.3 is 10.2 Å². The molecule has 1 atom stereocenters. The second-order valence-electron chi connectivity index (χ2n) is 8.62. The summed E-state index contributed by atoms with van der Waals surface area (Å²) in [5.41, 5.74) is 2.84. The molecule has 2 aromatic carbocycles. The van der Waals surface area contributed by atoms with Gasteiger partial charge in [-0.25, -0.2) is 0 Å². The van der Waals surface area contributed by atoms with Gasteiger partial charge in [0.15, 0.2) is 0 Å². The molecular weight excluding hydrogens is 372 g/mol. The quantitative estimate of drug-likeness (QED) is 0.705. The van der Waals surface area contributed by atoms with Crippen molar-refractivity contribution < 1.29 is 9.59 Å². The number of likely N-dealkylation sites (tertiary alicyclic amines) is 1. The van der Waals surface area contributed by atoms with Gasteiger partial charge in [-0.05, 0) is 48.8 Å². The molecule has 0 radical (unpaired) electrons. The van der Waals surface area contributed by atoms with Crippen molar-refractivity contribution in [3.63, 3.8) is 0 Å². The first kappa shape index (κ1) is 20.4. The summed E-state index contributed by atoms with van der Waals surface area (Å²) >= 11 is 0. The van der Waals surface area contributed by atoms with Crippen molar-refractivity contribution >= 4 is 11.8 Å². The molecule has 2 amide bonds. The summed E-state index contributed by atoms with van der Waals surface area (Å²) in [6.07, 6.45) is 5.94. The molecule has 4 rings (SSSR count). The second kappa shape index (κ2) is 8.86. The van der Waals surface area contributed by atoms with Crippen molar-refractivity contribution in [1.82, 2.24) is 10.2 Å². The van der Waals surface area contributed by atoms with Crippen LogP contribution in [0.25, 0.3) is 11.1 Å². The van der Waals surface area contributed by atoms with Crippen LogP contribution >= 0.6 is 0 Å². The van der Waals surface area contributed by atoms with E-state index in [-0.39, 0.29) is 17.7 Å². The Morgan fingerprint density at radius 2 is 1.83 bits per heavy atom. The maximum absolute atomic E-state index is 13.4. The molecule has 1 heterocycles. The van der Waals surface area contributed by atoms with Gasteiger partial charge in [0.25, 0.3) is 0 Å². The van der Waals surface area contributed by atoms with E-state index in [2.05, 4.69) is 36.2 Å². The average Bonchev–Trinajstić information content (AvgIpc) is 3.63. The lowest BCUT2D eigenvalue weighted by molar-refractivity contribution is -0.142. The number of nitrogens with zero attached hydrogens (tertiary/aromatic N) is 1. The van der Waals surface area contributed by atoms with E-state index in [4.69, 9.17) is 0 Å². The topological polar surface area (TPSA) is 49.4 Å². The van der Waals surface area contributed by atoms with Crippen molar-refractivity contribution in [2.45, 2.75) is 32.1 Å². The average molecular weight is 403 g/mol. The van der Waals surface area contributed by atoms with Gasteiger partial charge in [0, 0.05) is 25.6 Å². The summed E-state index contributed by atoms with van der Waals surface area (Å²) in [7, 11) is 0. The highest BCUT2D eigenvalue weighted by Gasteiger charge is 2.45. The lowest BCUT2D eigenvalue weighted by Gasteiger charge is -2.42.